The lowest BCUT2D eigenvalue weighted by molar-refractivity contribution is 0.287. The number of pyridine rings is 1. The molecule has 5 heteroatoms. The molecule has 5 nitrogen and oxygen atoms in total. The minimum atomic E-state index is -0.00778. The Morgan fingerprint density at radius 1 is 1.44 bits per heavy atom. The van der Waals surface area contributed by atoms with Crippen molar-refractivity contribution in [3.8, 4) is 17.6 Å². The van der Waals surface area contributed by atoms with E-state index in [9.17, 15) is 0 Å². The van der Waals surface area contributed by atoms with E-state index in [1.807, 2.05) is 18.9 Å². The second kappa shape index (κ2) is 6.82. The van der Waals surface area contributed by atoms with Crippen LogP contribution in [0.1, 0.15) is 12.6 Å². The number of hydrogen-bond donors (Lipinski definition) is 0. The molecule has 0 amide bonds. The zero-order chi connectivity index (χ0) is 13.5. The van der Waals surface area contributed by atoms with E-state index in [1.54, 1.807) is 26.5 Å². The minimum absolute atomic E-state index is 0.00778. The first kappa shape index (κ1) is 14.3. The minimum Gasteiger partial charge on any atom is -0.493 e. The summed E-state index contributed by atoms with van der Waals surface area (Å²) < 4.78 is 10.5. The van der Waals surface area contributed by atoms with Crippen molar-refractivity contribution in [3.05, 3.63) is 18.0 Å². The van der Waals surface area contributed by atoms with Gasteiger partial charge in [-0.2, -0.15) is 5.26 Å². The van der Waals surface area contributed by atoms with Crippen LogP contribution in [0, 0.1) is 17.2 Å². The van der Waals surface area contributed by atoms with Gasteiger partial charge in [0, 0.05) is 25.4 Å². The molecular weight excluding hydrogens is 230 g/mol. The summed E-state index contributed by atoms with van der Waals surface area (Å²) in [5, 5.41) is 8.80. The Morgan fingerprint density at radius 2 is 2.17 bits per heavy atom. The molecule has 0 aliphatic heterocycles. The van der Waals surface area contributed by atoms with E-state index < -0.39 is 0 Å². The number of rotatable bonds is 6. The molecule has 0 aliphatic carbocycles. The van der Waals surface area contributed by atoms with E-state index in [1.165, 1.54) is 0 Å². The van der Waals surface area contributed by atoms with E-state index in [4.69, 9.17) is 14.7 Å². The highest BCUT2D eigenvalue weighted by atomic mass is 16.5. The van der Waals surface area contributed by atoms with Gasteiger partial charge in [-0.25, -0.2) is 0 Å². The van der Waals surface area contributed by atoms with Crippen LogP contribution in [0.25, 0.3) is 0 Å². The van der Waals surface area contributed by atoms with Gasteiger partial charge in [0.1, 0.15) is 5.69 Å². The lowest BCUT2D eigenvalue weighted by Crippen LogP contribution is -2.24. The highest BCUT2D eigenvalue weighted by molar-refractivity contribution is 5.42. The van der Waals surface area contributed by atoms with Crippen molar-refractivity contribution in [1.82, 2.24) is 9.88 Å². The summed E-state index contributed by atoms with van der Waals surface area (Å²) in [5.41, 5.74) is 0.810. The van der Waals surface area contributed by atoms with E-state index in [0.29, 0.717) is 24.6 Å². The van der Waals surface area contributed by atoms with Crippen molar-refractivity contribution < 1.29 is 9.47 Å². The van der Waals surface area contributed by atoms with Crippen molar-refractivity contribution in [2.24, 2.45) is 5.92 Å². The summed E-state index contributed by atoms with van der Waals surface area (Å²) in [6.45, 7) is 3.21. The fraction of sp³-hybridized carbons (Fsp3) is 0.538. The van der Waals surface area contributed by atoms with Gasteiger partial charge in [0.2, 0.25) is 0 Å². The van der Waals surface area contributed by atoms with Crippen LogP contribution in [-0.4, -0.2) is 37.7 Å². The standard InChI is InChI=1S/C13H19N3O2/c1-10(7-14)8-16(2)9-11-13(18-4)12(17-3)5-6-15-11/h5-6,10H,8-9H2,1-4H3. The maximum atomic E-state index is 8.80. The first-order chi connectivity index (χ1) is 8.62. The Labute approximate surface area is 108 Å². The second-order valence-electron chi connectivity index (χ2n) is 4.22. The molecule has 0 N–H and O–H groups in total. The van der Waals surface area contributed by atoms with Crippen LogP contribution >= 0.6 is 0 Å². The van der Waals surface area contributed by atoms with Crippen LogP contribution in [-0.2, 0) is 6.54 Å². The maximum Gasteiger partial charge on any atom is 0.183 e. The third-order valence-corrected chi connectivity index (χ3v) is 2.59. The van der Waals surface area contributed by atoms with Gasteiger partial charge in [-0.3, -0.25) is 9.88 Å². The lowest BCUT2D eigenvalue weighted by Gasteiger charge is -2.19. The van der Waals surface area contributed by atoms with Crippen LogP contribution in [0.15, 0.2) is 12.3 Å². The van der Waals surface area contributed by atoms with Crippen molar-refractivity contribution in [3.63, 3.8) is 0 Å². The molecular formula is C13H19N3O2. The third kappa shape index (κ3) is 3.60. The first-order valence-corrected chi connectivity index (χ1v) is 5.76. The largest absolute Gasteiger partial charge is 0.493 e. The van der Waals surface area contributed by atoms with Crippen molar-refractivity contribution in [2.45, 2.75) is 13.5 Å². The molecule has 1 rings (SSSR count). The van der Waals surface area contributed by atoms with Gasteiger partial charge in [0.05, 0.1) is 26.2 Å². The number of nitriles is 1. The Kier molecular flexibility index (Phi) is 5.40. The molecule has 0 aromatic carbocycles. The zero-order valence-corrected chi connectivity index (χ0v) is 11.3. The molecule has 0 saturated carbocycles. The molecule has 0 fully saturated rings. The summed E-state index contributed by atoms with van der Waals surface area (Å²) in [6, 6.07) is 3.98. The van der Waals surface area contributed by atoms with Gasteiger partial charge < -0.3 is 9.47 Å². The highest BCUT2D eigenvalue weighted by Crippen LogP contribution is 2.29. The topological polar surface area (TPSA) is 58.4 Å². The number of ether oxygens (including phenoxy) is 2. The van der Waals surface area contributed by atoms with Crippen LogP contribution in [0.5, 0.6) is 11.5 Å². The molecule has 0 radical (unpaired) electrons. The van der Waals surface area contributed by atoms with Crippen molar-refractivity contribution in [1.29, 1.82) is 5.26 Å². The smallest absolute Gasteiger partial charge is 0.183 e. The number of aromatic nitrogens is 1. The van der Waals surface area contributed by atoms with Gasteiger partial charge in [-0.1, -0.05) is 0 Å². The Bertz CT molecular complexity index is 429. The quantitative estimate of drug-likeness (QED) is 0.768. The van der Waals surface area contributed by atoms with Crippen LogP contribution in [0.4, 0.5) is 0 Å². The summed E-state index contributed by atoms with van der Waals surface area (Å²) in [6.07, 6.45) is 1.69. The molecule has 1 aromatic heterocycles. The van der Waals surface area contributed by atoms with E-state index in [-0.39, 0.29) is 5.92 Å². The average Bonchev–Trinajstić information content (AvgIpc) is 2.37. The van der Waals surface area contributed by atoms with Gasteiger partial charge in [0.15, 0.2) is 11.5 Å². The predicted octanol–water partition coefficient (Wildman–Crippen LogP) is 1.69. The maximum absolute atomic E-state index is 8.80. The van der Waals surface area contributed by atoms with Gasteiger partial charge >= 0.3 is 0 Å². The molecule has 1 aromatic rings. The number of hydrogen-bond acceptors (Lipinski definition) is 5. The third-order valence-electron chi connectivity index (χ3n) is 2.59. The SMILES string of the molecule is COc1ccnc(CN(C)CC(C)C#N)c1OC. The van der Waals surface area contributed by atoms with Crippen LogP contribution in [0.3, 0.4) is 0 Å². The number of methoxy groups -OCH3 is 2. The van der Waals surface area contributed by atoms with E-state index in [0.717, 1.165) is 5.69 Å². The summed E-state index contributed by atoms with van der Waals surface area (Å²) in [4.78, 5) is 6.34. The van der Waals surface area contributed by atoms with Crippen molar-refractivity contribution in [2.75, 3.05) is 27.8 Å². The molecule has 0 bridgehead atoms. The monoisotopic (exact) mass is 249 g/mol. The average molecular weight is 249 g/mol. The molecule has 0 aliphatic rings. The second-order valence-corrected chi connectivity index (χ2v) is 4.22. The molecule has 1 unspecified atom stereocenters. The van der Waals surface area contributed by atoms with Gasteiger partial charge in [-0.15, -0.1) is 0 Å². The molecule has 98 valence electrons. The molecule has 0 spiro atoms. The first-order valence-electron chi connectivity index (χ1n) is 5.76. The van der Waals surface area contributed by atoms with Crippen LogP contribution in [0.2, 0.25) is 0 Å². The van der Waals surface area contributed by atoms with Crippen LogP contribution < -0.4 is 9.47 Å². The molecule has 0 saturated heterocycles. The fourth-order valence-corrected chi connectivity index (χ4v) is 1.79. The normalized spacial score (nSPS) is 12.0. The molecule has 1 atom stereocenters. The Morgan fingerprint density at radius 3 is 2.72 bits per heavy atom. The Hall–Kier alpha value is -1.80. The van der Waals surface area contributed by atoms with Gasteiger partial charge in [-0.05, 0) is 14.0 Å². The summed E-state index contributed by atoms with van der Waals surface area (Å²) in [7, 11) is 5.15. The van der Waals surface area contributed by atoms with E-state index >= 15 is 0 Å². The predicted molar refractivity (Wildman–Crippen MR) is 68.5 cm³/mol. The molecule has 1 heterocycles. The summed E-state index contributed by atoms with van der Waals surface area (Å²) in [5.74, 6) is 1.31. The summed E-state index contributed by atoms with van der Waals surface area (Å²) >= 11 is 0. The fourth-order valence-electron chi connectivity index (χ4n) is 1.79. The van der Waals surface area contributed by atoms with Gasteiger partial charge in [0.25, 0.3) is 0 Å². The lowest BCUT2D eigenvalue weighted by atomic mass is 10.2. The highest BCUT2D eigenvalue weighted by Gasteiger charge is 2.14. The Balaban J connectivity index is 2.81. The zero-order valence-electron chi connectivity index (χ0n) is 11.3. The van der Waals surface area contributed by atoms with Crippen molar-refractivity contribution >= 4 is 0 Å². The molecule has 18 heavy (non-hydrogen) atoms. The van der Waals surface area contributed by atoms with E-state index in [2.05, 4.69) is 11.1 Å². The number of nitrogens with zero attached hydrogens (tertiary/aromatic N) is 3.